The first-order chi connectivity index (χ1) is 22.3. The minimum absolute atomic E-state index is 1.15. The maximum atomic E-state index is 4.39. The van der Waals surface area contributed by atoms with Gasteiger partial charge in [-0.05, 0) is 85.6 Å². The van der Waals surface area contributed by atoms with Gasteiger partial charge in [0.1, 0.15) is 0 Å². The van der Waals surface area contributed by atoms with Crippen LogP contribution >= 0.6 is 0 Å². The molecule has 45 heavy (non-hydrogen) atoms. The van der Waals surface area contributed by atoms with Gasteiger partial charge in [-0.2, -0.15) is 0 Å². The van der Waals surface area contributed by atoms with Crippen LogP contribution in [0.3, 0.4) is 0 Å². The van der Waals surface area contributed by atoms with Crippen molar-refractivity contribution in [1.29, 1.82) is 0 Å². The maximum Gasteiger partial charge on any atom is 0.0620 e. The monoisotopic (exact) mass is 570 g/mol. The molecule has 0 saturated heterocycles. The van der Waals surface area contributed by atoms with Gasteiger partial charge in [-0.3, -0.25) is 4.98 Å². The lowest BCUT2D eigenvalue weighted by atomic mass is 9.93. The Labute approximate surface area is 260 Å². The standard InChI is InChI=1S/C43H26N2/c1-2-7-31(8-3-1)45-41-22-18-29(25-40(41)39-19-17-30-26-44-24-23-33(30)43(39)45)27-13-15-28(16-14-27)32-20-21-38-35-10-5-4-9-34(35)37-12-6-11-36(32)42(37)38/h1-26H. The lowest BCUT2D eigenvalue weighted by molar-refractivity contribution is 1.19. The first-order valence-electron chi connectivity index (χ1n) is 15.5. The molecular formula is C43H26N2. The van der Waals surface area contributed by atoms with Crippen molar-refractivity contribution < 1.29 is 0 Å². The number of pyridine rings is 1. The van der Waals surface area contributed by atoms with Crippen molar-refractivity contribution in [3.05, 3.63) is 158 Å². The van der Waals surface area contributed by atoms with Crippen LogP contribution in [0, 0.1) is 0 Å². The van der Waals surface area contributed by atoms with Gasteiger partial charge in [0, 0.05) is 39.6 Å². The van der Waals surface area contributed by atoms with E-state index in [2.05, 4.69) is 155 Å². The van der Waals surface area contributed by atoms with Gasteiger partial charge in [0.25, 0.3) is 0 Å². The fraction of sp³-hybridized carbons (Fsp3) is 0. The molecule has 0 radical (unpaired) electrons. The van der Waals surface area contributed by atoms with Crippen molar-refractivity contribution in [2.45, 2.75) is 0 Å². The quantitative estimate of drug-likeness (QED) is 0.207. The first-order valence-corrected chi connectivity index (χ1v) is 15.5. The highest BCUT2D eigenvalue weighted by Gasteiger charge is 2.22. The van der Waals surface area contributed by atoms with E-state index in [0.29, 0.717) is 0 Å². The van der Waals surface area contributed by atoms with E-state index in [1.54, 1.807) is 0 Å². The normalized spacial score (nSPS) is 12.0. The fourth-order valence-corrected chi connectivity index (χ4v) is 7.60. The Morgan fingerprint density at radius 1 is 0.422 bits per heavy atom. The molecule has 1 aliphatic carbocycles. The van der Waals surface area contributed by atoms with Crippen LogP contribution in [0.4, 0.5) is 0 Å². The number of nitrogens with zero attached hydrogens (tertiary/aromatic N) is 2. The Balaban J connectivity index is 1.12. The highest BCUT2D eigenvalue weighted by Crippen LogP contribution is 2.49. The van der Waals surface area contributed by atoms with Gasteiger partial charge in [0.05, 0.1) is 11.0 Å². The van der Waals surface area contributed by atoms with Gasteiger partial charge in [-0.1, -0.05) is 115 Å². The number of aromatic nitrogens is 2. The van der Waals surface area contributed by atoms with Crippen LogP contribution in [0.5, 0.6) is 0 Å². The second-order valence-electron chi connectivity index (χ2n) is 12.0. The molecule has 0 bridgehead atoms. The number of hydrogen-bond acceptors (Lipinski definition) is 1. The molecule has 208 valence electrons. The Hall–Kier alpha value is -5.99. The van der Waals surface area contributed by atoms with Crippen molar-refractivity contribution in [3.8, 4) is 50.2 Å². The van der Waals surface area contributed by atoms with Crippen molar-refractivity contribution in [2.75, 3.05) is 0 Å². The van der Waals surface area contributed by atoms with E-state index in [1.807, 2.05) is 12.4 Å². The Bertz CT molecular complexity index is 2600. The predicted molar refractivity (Wildman–Crippen MR) is 189 cm³/mol. The smallest absolute Gasteiger partial charge is 0.0620 e. The SMILES string of the molecule is c1ccc(-n2c3ccc(-c4ccc(-c5ccc6c7c(cccc57)-c5ccccc5-6)cc4)cc3c3ccc4cnccc4c32)cc1. The average Bonchev–Trinajstić information content (AvgIpc) is 3.63. The molecular weight excluding hydrogens is 544 g/mol. The largest absolute Gasteiger partial charge is 0.309 e. The van der Waals surface area contributed by atoms with E-state index in [4.69, 9.17) is 0 Å². The Kier molecular flexibility index (Phi) is 5.03. The summed E-state index contributed by atoms with van der Waals surface area (Å²) in [6.07, 6.45) is 3.85. The van der Waals surface area contributed by atoms with Crippen LogP contribution < -0.4 is 0 Å². The molecule has 10 rings (SSSR count). The van der Waals surface area contributed by atoms with Crippen LogP contribution in [0.2, 0.25) is 0 Å². The van der Waals surface area contributed by atoms with Crippen molar-refractivity contribution >= 4 is 43.4 Å². The Morgan fingerprint density at radius 3 is 1.98 bits per heavy atom. The van der Waals surface area contributed by atoms with Crippen molar-refractivity contribution in [1.82, 2.24) is 9.55 Å². The van der Waals surface area contributed by atoms with Gasteiger partial charge in [0.2, 0.25) is 0 Å². The van der Waals surface area contributed by atoms with E-state index in [1.165, 1.54) is 82.5 Å². The lowest BCUT2D eigenvalue weighted by Crippen LogP contribution is -1.94. The third kappa shape index (κ3) is 3.48. The summed E-state index contributed by atoms with van der Waals surface area (Å²) in [7, 11) is 0. The number of benzene rings is 7. The molecule has 2 heterocycles. The summed E-state index contributed by atoms with van der Waals surface area (Å²) in [4.78, 5) is 4.39. The molecule has 0 amide bonds. The third-order valence-corrected chi connectivity index (χ3v) is 9.63. The third-order valence-electron chi connectivity index (χ3n) is 9.63. The molecule has 1 aliphatic rings. The molecule has 7 aromatic carbocycles. The molecule has 0 unspecified atom stereocenters. The molecule has 2 heteroatoms. The minimum atomic E-state index is 1.15. The fourth-order valence-electron chi connectivity index (χ4n) is 7.60. The van der Waals surface area contributed by atoms with E-state index in [9.17, 15) is 0 Å². The van der Waals surface area contributed by atoms with Crippen LogP contribution in [0.25, 0.3) is 93.5 Å². The molecule has 0 atom stereocenters. The molecule has 9 aromatic rings. The van der Waals surface area contributed by atoms with E-state index in [0.717, 1.165) is 11.1 Å². The number of para-hydroxylation sites is 1. The lowest BCUT2D eigenvalue weighted by Gasteiger charge is -2.11. The highest BCUT2D eigenvalue weighted by atomic mass is 15.0. The zero-order chi connectivity index (χ0) is 29.5. The second-order valence-corrected chi connectivity index (χ2v) is 12.0. The number of hydrogen-bond donors (Lipinski definition) is 0. The second kappa shape index (κ2) is 9.25. The summed E-state index contributed by atoms with van der Waals surface area (Å²) >= 11 is 0. The first kappa shape index (κ1) is 24.5. The van der Waals surface area contributed by atoms with E-state index < -0.39 is 0 Å². The molecule has 0 saturated carbocycles. The van der Waals surface area contributed by atoms with Gasteiger partial charge >= 0.3 is 0 Å². The maximum absolute atomic E-state index is 4.39. The van der Waals surface area contributed by atoms with Crippen LogP contribution in [-0.2, 0) is 0 Å². The predicted octanol–water partition coefficient (Wildman–Crippen LogP) is 11.5. The molecule has 0 N–H and O–H groups in total. The van der Waals surface area contributed by atoms with Crippen molar-refractivity contribution in [2.24, 2.45) is 0 Å². The average molecular weight is 571 g/mol. The van der Waals surface area contributed by atoms with Gasteiger partial charge in [0.15, 0.2) is 0 Å². The van der Waals surface area contributed by atoms with Crippen LogP contribution in [0.1, 0.15) is 0 Å². The zero-order valence-electron chi connectivity index (χ0n) is 24.4. The summed E-state index contributed by atoms with van der Waals surface area (Å²) < 4.78 is 2.40. The van der Waals surface area contributed by atoms with Gasteiger partial charge < -0.3 is 4.57 Å². The number of rotatable bonds is 3. The minimum Gasteiger partial charge on any atom is -0.309 e. The summed E-state index contributed by atoms with van der Waals surface area (Å²) in [6, 6.07) is 53.3. The van der Waals surface area contributed by atoms with Crippen LogP contribution in [-0.4, -0.2) is 9.55 Å². The highest BCUT2D eigenvalue weighted by molar-refractivity contribution is 6.20. The molecule has 0 aliphatic heterocycles. The number of fused-ring (bicyclic) bond motifs is 8. The van der Waals surface area contributed by atoms with E-state index in [-0.39, 0.29) is 0 Å². The van der Waals surface area contributed by atoms with Crippen molar-refractivity contribution in [3.63, 3.8) is 0 Å². The van der Waals surface area contributed by atoms with Gasteiger partial charge in [-0.25, -0.2) is 0 Å². The molecule has 2 aromatic heterocycles. The Morgan fingerprint density at radius 2 is 1.13 bits per heavy atom. The summed E-state index contributed by atoms with van der Waals surface area (Å²) in [5, 5.41) is 7.53. The summed E-state index contributed by atoms with van der Waals surface area (Å²) in [5.74, 6) is 0. The topological polar surface area (TPSA) is 17.8 Å². The summed E-state index contributed by atoms with van der Waals surface area (Å²) in [5.41, 5.74) is 13.9. The zero-order valence-corrected chi connectivity index (χ0v) is 24.4. The van der Waals surface area contributed by atoms with Gasteiger partial charge in [-0.15, -0.1) is 0 Å². The van der Waals surface area contributed by atoms with E-state index >= 15 is 0 Å². The molecule has 0 fully saturated rings. The molecule has 2 nitrogen and oxygen atoms in total. The summed E-state index contributed by atoms with van der Waals surface area (Å²) in [6.45, 7) is 0. The van der Waals surface area contributed by atoms with Crippen LogP contribution in [0.15, 0.2) is 158 Å². The molecule has 0 spiro atoms.